The first-order valence-electron chi connectivity index (χ1n) is 6.63. The number of rotatable bonds is 6. The van der Waals surface area contributed by atoms with Gasteiger partial charge in [-0.1, -0.05) is 18.2 Å². The number of oxazole rings is 1. The van der Waals surface area contributed by atoms with E-state index in [9.17, 15) is 4.79 Å². The number of amides is 1. The molecule has 2 aromatic rings. The Hall–Kier alpha value is -2.14. The van der Waals surface area contributed by atoms with Crippen LogP contribution in [0.15, 0.2) is 34.7 Å². The van der Waals surface area contributed by atoms with Crippen molar-refractivity contribution >= 4 is 5.91 Å². The first-order valence-corrected chi connectivity index (χ1v) is 6.63. The van der Waals surface area contributed by atoms with Gasteiger partial charge in [-0.3, -0.25) is 4.79 Å². The molecule has 1 aromatic heterocycles. The van der Waals surface area contributed by atoms with E-state index >= 15 is 0 Å². The molecule has 0 aliphatic carbocycles. The van der Waals surface area contributed by atoms with E-state index in [1.54, 1.807) is 0 Å². The lowest BCUT2D eigenvalue weighted by Gasteiger charge is -2.02. The number of aryl methyl sites for hydroxylation is 1. The Kier molecular flexibility index (Phi) is 4.90. The molecule has 0 atom stereocenters. The second-order valence-electron chi connectivity index (χ2n) is 4.52. The predicted molar refractivity (Wildman–Crippen MR) is 77.3 cm³/mol. The number of nitrogens with zero attached hydrogens (tertiary/aromatic N) is 1. The first kappa shape index (κ1) is 14.3. The van der Waals surface area contributed by atoms with Crippen LogP contribution in [0.4, 0.5) is 0 Å². The molecule has 0 fully saturated rings. The summed E-state index contributed by atoms with van der Waals surface area (Å²) in [4.78, 5) is 16.2. The van der Waals surface area contributed by atoms with Crippen molar-refractivity contribution in [2.45, 2.75) is 13.3 Å². The summed E-state index contributed by atoms with van der Waals surface area (Å²) in [5.74, 6) is 1.20. The van der Waals surface area contributed by atoms with Crippen molar-refractivity contribution in [3.05, 3.63) is 41.8 Å². The van der Waals surface area contributed by atoms with Crippen molar-refractivity contribution in [2.75, 3.05) is 20.1 Å². The van der Waals surface area contributed by atoms with Crippen molar-refractivity contribution in [3.8, 4) is 11.5 Å². The number of benzene rings is 1. The highest BCUT2D eigenvalue weighted by Crippen LogP contribution is 2.21. The van der Waals surface area contributed by atoms with Gasteiger partial charge in [0.05, 0.1) is 12.1 Å². The molecule has 1 amide bonds. The van der Waals surface area contributed by atoms with E-state index in [2.05, 4.69) is 15.6 Å². The quantitative estimate of drug-likeness (QED) is 0.783. The lowest BCUT2D eigenvalue weighted by atomic mass is 10.2. The van der Waals surface area contributed by atoms with Gasteiger partial charge in [0, 0.05) is 18.7 Å². The SMILES string of the molecule is CNCCNC(=O)Cc1nc(-c2ccccc2)oc1C. The third-order valence-corrected chi connectivity index (χ3v) is 2.94. The molecule has 0 bridgehead atoms. The van der Waals surface area contributed by atoms with Gasteiger partial charge in [0.15, 0.2) is 0 Å². The van der Waals surface area contributed by atoms with Crippen LogP contribution in [0.3, 0.4) is 0 Å². The van der Waals surface area contributed by atoms with Crippen LogP contribution in [0.25, 0.3) is 11.5 Å². The lowest BCUT2D eigenvalue weighted by molar-refractivity contribution is -0.120. The molecule has 106 valence electrons. The molecule has 5 heteroatoms. The minimum absolute atomic E-state index is 0.0451. The van der Waals surface area contributed by atoms with Gasteiger partial charge in [-0.2, -0.15) is 0 Å². The Morgan fingerprint density at radius 3 is 2.70 bits per heavy atom. The van der Waals surface area contributed by atoms with E-state index in [1.165, 1.54) is 0 Å². The minimum Gasteiger partial charge on any atom is -0.441 e. The van der Waals surface area contributed by atoms with Gasteiger partial charge in [-0.25, -0.2) is 4.98 Å². The number of carbonyl (C=O) groups excluding carboxylic acids is 1. The Morgan fingerprint density at radius 2 is 2.00 bits per heavy atom. The van der Waals surface area contributed by atoms with Gasteiger partial charge in [0.1, 0.15) is 5.76 Å². The minimum atomic E-state index is -0.0451. The standard InChI is InChI=1S/C15H19N3O2/c1-11-13(10-14(19)17-9-8-16-2)18-15(20-11)12-6-4-3-5-7-12/h3-7,16H,8-10H2,1-2H3,(H,17,19). The maximum Gasteiger partial charge on any atom is 0.226 e. The molecule has 0 saturated heterocycles. The summed E-state index contributed by atoms with van der Waals surface area (Å²) in [6.45, 7) is 3.19. The van der Waals surface area contributed by atoms with Crippen LogP contribution in [-0.4, -0.2) is 31.0 Å². The summed E-state index contributed by atoms with van der Waals surface area (Å²) in [7, 11) is 1.85. The number of carbonyl (C=O) groups is 1. The van der Waals surface area contributed by atoms with Crippen LogP contribution in [-0.2, 0) is 11.2 Å². The van der Waals surface area contributed by atoms with Crippen LogP contribution >= 0.6 is 0 Å². The molecule has 0 aliphatic heterocycles. The van der Waals surface area contributed by atoms with Gasteiger partial charge >= 0.3 is 0 Å². The zero-order valence-corrected chi connectivity index (χ0v) is 11.8. The monoisotopic (exact) mass is 273 g/mol. The molecule has 0 unspecified atom stereocenters. The van der Waals surface area contributed by atoms with Gasteiger partial charge in [-0.15, -0.1) is 0 Å². The number of likely N-dealkylation sites (N-methyl/N-ethyl adjacent to an activating group) is 1. The maximum atomic E-state index is 11.8. The molecule has 0 saturated carbocycles. The van der Waals surface area contributed by atoms with Crippen molar-refractivity contribution in [2.24, 2.45) is 0 Å². The number of hydrogen-bond donors (Lipinski definition) is 2. The molecular formula is C15H19N3O2. The Bertz CT molecular complexity index is 564. The highest BCUT2D eigenvalue weighted by molar-refractivity contribution is 5.78. The molecule has 2 rings (SSSR count). The zero-order chi connectivity index (χ0) is 14.4. The third kappa shape index (κ3) is 3.68. The van der Waals surface area contributed by atoms with Crippen LogP contribution < -0.4 is 10.6 Å². The first-order chi connectivity index (χ1) is 9.70. The van der Waals surface area contributed by atoms with E-state index in [4.69, 9.17) is 4.42 Å². The van der Waals surface area contributed by atoms with Crippen LogP contribution in [0, 0.1) is 6.92 Å². The molecule has 2 N–H and O–H groups in total. The smallest absolute Gasteiger partial charge is 0.226 e. The van der Waals surface area contributed by atoms with Crippen molar-refractivity contribution in [1.29, 1.82) is 0 Å². The summed E-state index contributed by atoms with van der Waals surface area (Å²) in [6, 6.07) is 9.66. The molecule has 0 radical (unpaired) electrons. The second kappa shape index (κ2) is 6.86. The normalized spacial score (nSPS) is 10.5. The van der Waals surface area contributed by atoms with E-state index in [1.807, 2.05) is 44.3 Å². The van der Waals surface area contributed by atoms with Crippen LogP contribution in [0.2, 0.25) is 0 Å². The fraction of sp³-hybridized carbons (Fsp3) is 0.333. The van der Waals surface area contributed by atoms with Crippen molar-refractivity contribution in [3.63, 3.8) is 0 Å². The molecule has 1 heterocycles. The zero-order valence-electron chi connectivity index (χ0n) is 11.8. The van der Waals surface area contributed by atoms with Crippen molar-refractivity contribution < 1.29 is 9.21 Å². The van der Waals surface area contributed by atoms with Gasteiger partial charge in [-0.05, 0) is 26.1 Å². The predicted octanol–water partition coefficient (Wildman–Crippen LogP) is 1.53. The van der Waals surface area contributed by atoms with Gasteiger partial charge < -0.3 is 15.1 Å². The maximum absolute atomic E-state index is 11.8. The highest BCUT2D eigenvalue weighted by atomic mass is 16.4. The fourth-order valence-corrected chi connectivity index (χ4v) is 1.84. The van der Waals surface area contributed by atoms with Gasteiger partial charge in [0.2, 0.25) is 11.8 Å². The Balaban J connectivity index is 2.03. The van der Waals surface area contributed by atoms with E-state index in [0.29, 0.717) is 23.9 Å². The Labute approximate surface area is 118 Å². The second-order valence-corrected chi connectivity index (χ2v) is 4.52. The fourth-order valence-electron chi connectivity index (χ4n) is 1.84. The summed E-state index contributed by atoms with van der Waals surface area (Å²) >= 11 is 0. The average Bonchev–Trinajstić information content (AvgIpc) is 2.81. The molecular weight excluding hydrogens is 254 g/mol. The number of nitrogens with one attached hydrogen (secondary N) is 2. The molecule has 5 nitrogen and oxygen atoms in total. The molecule has 1 aromatic carbocycles. The summed E-state index contributed by atoms with van der Waals surface area (Å²) in [5, 5.41) is 5.80. The summed E-state index contributed by atoms with van der Waals surface area (Å²) < 4.78 is 5.62. The molecule has 20 heavy (non-hydrogen) atoms. The summed E-state index contributed by atoms with van der Waals surface area (Å²) in [5.41, 5.74) is 1.60. The molecule has 0 aliphatic rings. The van der Waals surface area contributed by atoms with E-state index in [0.717, 1.165) is 12.1 Å². The Morgan fingerprint density at radius 1 is 1.25 bits per heavy atom. The number of aromatic nitrogens is 1. The lowest BCUT2D eigenvalue weighted by Crippen LogP contribution is -2.31. The van der Waals surface area contributed by atoms with Crippen LogP contribution in [0.1, 0.15) is 11.5 Å². The highest BCUT2D eigenvalue weighted by Gasteiger charge is 2.14. The van der Waals surface area contributed by atoms with Gasteiger partial charge in [0.25, 0.3) is 0 Å². The number of hydrogen-bond acceptors (Lipinski definition) is 4. The summed E-state index contributed by atoms with van der Waals surface area (Å²) in [6.07, 6.45) is 0.242. The van der Waals surface area contributed by atoms with Crippen molar-refractivity contribution in [1.82, 2.24) is 15.6 Å². The van der Waals surface area contributed by atoms with Crippen LogP contribution in [0.5, 0.6) is 0 Å². The van der Waals surface area contributed by atoms with E-state index < -0.39 is 0 Å². The largest absolute Gasteiger partial charge is 0.441 e. The molecule has 0 spiro atoms. The average molecular weight is 273 g/mol. The third-order valence-electron chi connectivity index (χ3n) is 2.94. The topological polar surface area (TPSA) is 67.2 Å². The van der Waals surface area contributed by atoms with E-state index in [-0.39, 0.29) is 12.3 Å².